The Kier molecular flexibility index (Phi) is 6.69. The van der Waals surface area contributed by atoms with E-state index in [1.807, 2.05) is 0 Å². The predicted molar refractivity (Wildman–Crippen MR) is 96.2 cm³/mol. The maximum atomic E-state index is 12.5. The van der Waals surface area contributed by atoms with Crippen LogP contribution in [0.15, 0.2) is 23.8 Å². The number of benzene rings is 1. The van der Waals surface area contributed by atoms with Crippen molar-refractivity contribution in [1.82, 2.24) is 0 Å². The second kappa shape index (κ2) is 8.57. The zero-order valence-corrected chi connectivity index (χ0v) is 15.3. The first-order chi connectivity index (χ1) is 12.2. The lowest BCUT2D eigenvalue weighted by Crippen LogP contribution is -2.35. The number of fused-ring (bicyclic) bond motifs is 1. The van der Waals surface area contributed by atoms with E-state index in [0.717, 1.165) is 17.8 Å². The number of thioether (sulfide) groups is 1. The summed E-state index contributed by atoms with van der Waals surface area (Å²) in [5.74, 6) is -1.76. The van der Waals surface area contributed by atoms with Crippen LogP contribution in [0.5, 0.6) is 11.5 Å². The quantitative estimate of drug-likeness (QED) is 0.498. The molecule has 8 heteroatoms. The fourth-order valence-corrected chi connectivity index (χ4v) is 3.70. The van der Waals surface area contributed by atoms with Gasteiger partial charge < -0.3 is 25.2 Å². The van der Waals surface area contributed by atoms with E-state index in [1.54, 1.807) is 13.8 Å². The molecule has 142 valence electrons. The van der Waals surface area contributed by atoms with E-state index < -0.39 is 35.8 Å². The highest BCUT2D eigenvalue weighted by molar-refractivity contribution is 7.98. The van der Waals surface area contributed by atoms with Crippen molar-refractivity contribution in [3.05, 3.63) is 34.9 Å². The number of ether oxygens (including phenoxy) is 1. The molecule has 0 saturated carbocycles. The van der Waals surface area contributed by atoms with Crippen molar-refractivity contribution in [3.8, 4) is 11.5 Å². The number of phenolic OH excluding ortho intramolecular Hbond substituents is 2. The van der Waals surface area contributed by atoms with E-state index >= 15 is 0 Å². The van der Waals surface area contributed by atoms with Crippen molar-refractivity contribution in [2.24, 2.45) is 0 Å². The summed E-state index contributed by atoms with van der Waals surface area (Å²) in [6.07, 6.45) is -1.92. The van der Waals surface area contributed by atoms with Crippen LogP contribution in [0.1, 0.15) is 36.2 Å². The van der Waals surface area contributed by atoms with E-state index in [2.05, 4.69) is 0 Å². The molecule has 0 bridgehead atoms. The molecule has 0 radical (unpaired) electrons. The minimum Gasteiger partial charge on any atom is -0.508 e. The molecule has 1 aromatic carbocycles. The van der Waals surface area contributed by atoms with Gasteiger partial charge >= 0.3 is 5.97 Å². The lowest BCUT2D eigenvalue weighted by molar-refractivity contribution is -0.127. The Morgan fingerprint density at radius 3 is 2.58 bits per heavy atom. The molecule has 1 aliphatic rings. The van der Waals surface area contributed by atoms with Gasteiger partial charge in [0.15, 0.2) is 5.78 Å². The number of hydrogen-bond acceptors (Lipinski definition) is 8. The Labute approximate surface area is 155 Å². The van der Waals surface area contributed by atoms with E-state index in [9.17, 15) is 30.0 Å². The minimum absolute atomic E-state index is 0.0289. The molecule has 1 heterocycles. The van der Waals surface area contributed by atoms with Crippen LogP contribution in [0.3, 0.4) is 0 Å². The van der Waals surface area contributed by atoms with Gasteiger partial charge in [0.2, 0.25) is 0 Å². The van der Waals surface area contributed by atoms with Crippen LogP contribution in [0.25, 0.3) is 0 Å². The first-order valence-corrected chi connectivity index (χ1v) is 9.25. The molecule has 7 nitrogen and oxygen atoms in total. The van der Waals surface area contributed by atoms with Crippen molar-refractivity contribution in [1.29, 1.82) is 0 Å². The lowest BCUT2D eigenvalue weighted by Gasteiger charge is -2.19. The Hall–Kier alpha value is -2.03. The van der Waals surface area contributed by atoms with E-state index in [1.165, 1.54) is 12.1 Å². The number of aliphatic hydroxyl groups excluding tert-OH is 2. The van der Waals surface area contributed by atoms with Gasteiger partial charge in [0.1, 0.15) is 29.3 Å². The van der Waals surface area contributed by atoms with Gasteiger partial charge in [-0.1, -0.05) is 5.57 Å². The number of aliphatic hydroxyl groups is 2. The number of hydrogen-bond donors (Lipinski definition) is 4. The van der Waals surface area contributed by atoms with Crippen molar-refractivity contribution in [2.45, 2.75) is 44.3 Å². The molecule has 2 rings (SSSR count). The molecule has 0 aliphatic carbocycles. The minimum atomic E-state index is -1.55. The van der Waals surface area contributed by atoms with Gasteiger partial charge in [-0.05, 0) is 31.6 Å². The summed E-state index contributed by atoms with van der Waals surface area (Å²) in [5.41, 5.74) is 0.871. The standard InChI is InChI=1S/C18H22O7S/c1-9-3-10(2)25-18(24)16-11(5-12(19)6-13(16)20)7-26-8-15(22)17(23)14(21)4-9/h4-6,10,15,17,19-20,22-23H,3,7-8H2,1-2H3/b9-4-/t10-,15-,17+/m0/s1. The average molecular weight is 382 g/mol. The summed E-state index contributed by atoms with van der Waals surface area (Å²) in [5, 5.41) is 39.7. The van der Waals surface area contributed by atoms with Gasteiger partial charge in [0, 0.05) is 24.0 Å². The summed E-state index contributed by atoms with van der Waals surface area (Å²) >= 11 is 1.14. The monoisotopic (exact) mass is 382 g/mol. The van der Waals surface area contributed by atoms with Crippen molar-refractivity contribution < 1.29 is 34.8 Å². The molecular weight excluding hydrogens is 360 g/mol. The maximum absolute atomic E-state index is 12.5. The molecule has 3 atom stereocenters. The average Bonchev–Trinajstić information content (AvgIpc) is 2.51. The molecule has 1 aromatic rings. The number of aromatic hydroxyl groups is 2. The highest BCUT2D eigenvalue weighted by Crippen LogP contribution is 2.31. The Balaban J connectivity index is 2.38. The zero-order chi connectivity index (χ0) is 19.4. The van der Waals surface area contributed by atoms with Gasteiger partial charge in [0.05, 0.1) is 6.10 Å². The fraction of sp³-hybridized carbons (Fsp3) is 0.444. The topological polar surface area (TPSA) is 124 Å². The normalized spacial score (nSPS) is 27.7. The first-order valence-electron chi connectivity index (χ1n) is 8.09. The lowest BCUT2D eigenvalue weighted by atomic mass is 10.0. The number of rotatable bonds is 0. The van der Waals surface area contributed by atoms with Crippen LogP contribution in [0.4, 0.5) is 0 Å². The molecule has 4 N–H and O–H groups in total. The molecule has 0 spiro atoms. The predicted octanol–water partition coefficient (Wildman–Crippen LogP) is 1.52. The number of esters is 1. The molecule has 26 heavy (non-hydrogen) atoms. The molecule has 0 unspecified atom stereocenters. The Bertz CT molecular complexity index is 728. The molecule has 0 fully saturated rings. The molecule has 0 aromatic heterocycles. The van der Waals surface area contributed by atoms with Gasteiger partial charge in [-0.25, -0.2) is 4.79 Å². The summed E-state index contributed by atoms with van der Waals surface area (Å²) < 4.78 is 5.34. The third-order valence-corrected chi connectivity index (χ3v) is 4.99. The van der Waals surface area contributed by atoms with Crippen LogP contribution in [0.2, 0.25) is 0 Å². The smallest absolute Gasteiger partial charge is 0.342 e. The fourth-order valence-electron chi connectivity index (χ4n) is 2.71. The summed E-state index contributed by atoms with van der Waals surface area (Å²) in [6.45, 7) is 3.30. The van der Waals surface area contributed by atoms with Crippen LogP contribution < -0.4 is 0 Å². The third kappa shape index (κ3) is 5.00. The third-order valence-electron chi connectivity index (χ3n) is 3.90. The second-order valence-corrected chi connectivity index (χ2v) is 7.37. The molecule has 1 aliphatic heterocycles. The first kappa shape index (κ1) is 20.3. The Morgan fingerprint density at radius 2 is 1.88 bits per heavy atom. The molecule has 0 amide bonds. The van der Waals surface area contributed by atoms with Gasteiger partial charge in [-0.15, -0.1) is 0 Å². The van der Waals surface area contributed by atoms with Crippen LogP contribution in [0, 0.1) is 0 Å². The zero-order valence-electron chi connectivity index (χ0n) is 14.5. The SMILES string of the molecule is C/C1=C/C(=O)[C@@H](O)[C@@H](O)CSCc2cc(O)cc(O)c2C(=O)O[C@@H](C)C1. The Morgan fingerprint density at radius 1 is 1.19 bits per heavy atom. The van der Waals surface area contributed by atoms with Gasteiger partial charge in [-0.3, -0.25) is 4.79 Å². The van der Waals surface area contributed by atoms with Crippen molar-refractivity contribution in [3.63, 3.8) is 0 Å². The van der Waals surface area contributed by atoms with Gasteiger partial charge in [0.25, 0.3) is 0 Å². The van der Waals surface area contributed by atoms with Gasteiger partial charge in [-0.2, -0.15) is 11.8 Å². The number of carbonyl (C=O) groups excluding carboxylic acids is 2. The molecular formula is C18H22O7S. The summed E-state index contributed by atoms with van der Waals surface area (Å²) in [7, 11) is 0. The van der Waals surface area contributed by atoms with Crippen LogP contribution in [-0.4, -0.2) is 56.2 Å². The number of cyclic esters (lactones) is 1. The van der Waals surface area contributed by atoms with Crippen molar-refractivity contribution in [2.75, 3.05) is 5.75 Å². The van der Waals surface area contributed by atoms with Crippen LogP contribution >= 0.6 is 11.8 Å². The van der Waals surface area contributed by atoms with Crippen LogP contribution in [-0.2, 0) is 15.3 Å². The van der Waals surface area contributed by atoms with E-state index in [0.29, 0.717) is 11.1 Å². The maximum Gasteiger partial charge on any atom is 0.342 e. The number of ketones is 1. The number of phenols is 2. The summed E-state index contributed by atoms with van der Waals surface area (Å²) in [4.78, 5) is 24.5. The van der Waals surface area contributed by atoms with E-state index in [4.69, 9.17) is 4.74 Å². The largest absolute Gasteiger partial charge is 0.508 e. The molecule has 0 saturated heterocycles. The highest BCUT2D eigenvalue weighted by atomic mass is 32.2. The summed E-state index contributed by atoms with van der Waals surface area (Å²) in [6, 6.07) is 2.39. The van der Waals surface area contributed by atoms with Crippen molar-refractivity contribution >= 4 is 23.5 Å². The van der Waals surface area contributed by atoms with E-state index in [-0.39, 0.29) is 29.2 Å². The number of carbonyl (C=O) groups is 2. The highest BCUT2D eigenvalue weighted by Gasteiger charge is 2.26. The second-order valence-electron chi connectivity index (χ2n) is 6.34.